The number of hydrogen-bond acceptors (Lipinski definition) is 4. The Morgan fingerprint density at radius 2 is 2.08 bits per heavy atom. The molecule has 0 saturated heterocycles. The van der Waals surface area contributed by atoms with E-state index in [9.17, 15) is 4.79 Å². The van der Waals surface area contributed by atoms with Gasteiger partial charge in [0.05, 0.1) is 32.1 Å². The van der Waals surface area contributed by atoms with Crippen LogP contribution in [0.25, 0.3) is 0 Å². The molecule has 2 amide bonds. The highest BCUT2D eigenvalue weighted by atomic mass is 16.5. The molecule has 0 atom stereocenters. The zero-order chi connectivity index (χ0) is 18.9. The molecule has 1 aliphatic heterocycles. The number of methoxy groups -OCH3 is 1. The maximum absolute atomic E-state index is 12.8. The van der Waals surface area contributed by atoms with Crippen molar-refractivity contribution >= 4 is 11.7 Å². The Kier molecular flexibility index (Phi) is 4.76. The molecule has 1 N–H and O–H groups in total. The first-order valence-corrected chi connectivity index (χ1v) is 8.62. The maximum Gasteiger partial charge on any atom is 0.322 e. The lowest BCUT2D eigenvalue weighted by atomic mass is 10.1. The summed E-state index contributed by atoms with van der Waals surface area (Å²) in [6.45, 7) is 8.80. The van der Waals surface area contributed by atoms with E-state index in [0.717, 1.165) is 28.3 Å². The van der Waals surface area contributed by atoms with E-state index in [4.69, 9.17) is 9.47 Å². The highest BCUT2D eigenvalue weighted by Crippen LogP contribution is 2.32. The molecule has 1 aliphatic rings. The highest BCUT2D eigenvalue weighted by molar-refractivity contribution is 5.89. The minimum absolute atomic E-state index is 0.171. The van der Waals surface area contributed by atoms with E-state index in [1.165, 1.54) is 0 Å². The SMILES string of the molecule is COc1ccc2c(c1)OC(C)(C)CN(C(=O)Nc1cnc(C)c(C)c1)C2. The third-order valence-corrected chi connectivity index (χ3v) is 4.47. The molecule has 0 saturated carbocycles. The van der Waals surface area contributed by atoms with Gasteiger partial charge in [0, 0.05) is 17.3 Å². The minimum atomic E-state index is -0.517. The maximum atomic E-state index is 12.8. The number of pyridine rings is 1. The number of nitrogens with one attached hydrogen (secondary N) is 1. The molecule has 1 aromatic heterocycles. The third-order valence-electron chi connectivity index (χ3n) is 4.47. The summed E-state index contributed by atoms with van der Waals surface area (Å²) in [5.74, 6) is 1.48. The molecular formula is C20H25N3O3. The largest absolute Gasteiger partial charge is 0.497 e. The van der Waals surface area contributed by atoms with Crippen molar-refractivity contribution in [2.75, 3.05) is 19.0 Å². The molecule has 3 rings (SSSR count). The topological polar surface area (TPSA) is 63.7 Å². The van der Waals surface area contributed by atoms with Crippen molar-refractivity contribution in [3.05, 3.63) is 47.3 Å². The third kappa shape index (κ3) is 3.90. The predicted octanol–water partition coefficient (Wildman–Crippen LogP) is 3.91. The van der Waals surface area contributed by atoms with Crippen molar-refractivity contribution in [3.63, 3.8) is 0 Å². The quantitative estimate of drug-likeness (QED) is 0.887. The van der Waals surface area contributed by atoms with Crippen molar-refractivity contribution in [2.24, 2.45) is 0 Å². The zero-order valence-corrected chi connectivity index (χ0v) is 15.9. The van der Waals surface area contributed by atoms with Gasteiger partial charge < -0.3 is 19.7 Å². The van der Waals surface area contributed by atoms with Crippen LogP contribution >= 0.6 is 0 Å². The monoisotopic (exact) mass is 355 g/mol. The molecule has 138 valence electrons. The van der Waals surface area contributed by atoms with Gasteiger partial charge in [0.15, 0.2) is 0 Å². The number of nitrogens with zero attached hydrogens (tertiary/aromatic N) is 2. The van der Waals surface area contributed by atoms with Crippen LogP contribution in [0.2, 0.25) is 0 Å². The zero-order valence-electron chi connectivity index (χ0n) is 15.9. The Hall–Kier alpha value is -2.76. The molecule has 0 spiro atoms. The fourth-order valence-electron chi connectivity index (χ4n) is 3.00. The lowest BCUT2D eigenvalue weighted by Crippen LogP contribution is -2.44. The Morgan fingerprint density at radius 3 is 2.77 bits per heavy atom. The van der Waals surface area contributed by atoms with Gasteiger partial charge in [0.1, 0.15) is 17.1 Å². The number of benzene rings is 1. The number of anilines is 1. The van der Waals surface area contributed by atoms with E-state index in [-0.39, 0.29) is 6.03 Å². The molecule has 0 aliphatic carbocycles. The smallest absolute Gasteiger partial charge is 0.322 e. The molecular weight excluding hydrogens is 330 g/mol. The molecule has 0 unspecified atom stereocenters. The molecule has 0 radical (unpaired) electrons. The molecule has 0 bridgehead atoms. The summed E-state index contributed by atoms with van der Waals surface area (Å²) in [7, 11) is 1.63. The number of carbonyl (C=O) groups is 1. The molecule has 6 heteroatoms. The number of carbonyl (C=O) groups excluding carboxylic acids is 1. The van der Waals surface area contributed by atoms with Gasteiger partial charge in [-0.3, -0.25) is 4.98 Å². The number of hydrogen-bond donors (Lipinski definition) is 1. The summed E-state index contributed by atoms with van der Waals surface area (Å²) in [4.78, 5) is 18.9. The van der Waals surface area contributed by atoms with E-state index < -0.39 is 5.60 Å². The second-order valence-electron chi connectivity index (χ2n) is 7.25. The minimum Gasteiger partial charge on any atom is -0.497 e. The van der Waals surface area contributed by atoms with Gasteiger partial charge in [-0.05, 0) is 51.5 Å². The summed E-state index contributed by atoms with van der Waals surface area (Å²) in [5.41, 5.74) is 3.12. The average molecular weight is 355 g/mol. The van der Waals surface area contributed by atoms with Crippen LogP contribution in [0.3, 0.4) is 0 Å². The molecule has 0 fully saturated rings. The van der Waals surface area contributed by atoms with E-state index in [1.54, 1.807) is 18.2 Å². The number of rotatable bonds is 2. The van der Waals surface area contributed by atoms with Gasteiger partial charge in [0.2, 0.25) is 0 Å². The first kappa shape index (κ1) is 18.0. The van der Waals surface area contributed by atoms with Crippen molar-refractivity contribution in [3.8, 4) is 11.5 Å². The summed E-state index contributed by atoms with van der Waals surface area (Å²) >= 11 is 0. The van der Waals surface area contributed by atoms with E-state index >= 15 is 0 Å². The Balaban J connectivity index is 1.84. The van der Waals surface area contributed by atoms with Crippen LogP contribution in [0.4, 0.5) is 10.5 Å². The standard InChI is InChI=1S/C20H25N3O3/c1-13-8-16(10-21-14(13)2)22-19(24)23-11-15-6-7-17(25-5)9-18(15)26-20(3,4)12-23/h6-10H,11-12H2,1-5H3,(H,22,24). The van der Waals surface area contributed by atoms with Crippen LogP contribution in [-0.4, -0.2) is 35.2 Å². The molecule has 6 nitrogen and oxygen atoms in total. The molecule has 2 heterocycles. The average Bonchev–Trinajstić information content (AvgIpc) is 2.72. The second kappa shape index (κ2) is 6.86. The Labute approximate surface area is 154 Å². The van der Waals surface area contributed by atoms with E-state index in [1.807, 2.05) is 52.0 Å². The highest BCUT2D eigenvalue weighted by Gasteiger charge is 2.31. The number of amides is 2. The normalized spacial score (nSPS) is 15.5. The van der Waals surface area contributed by atoms with Gasteiger partial charge >= 0.3 is 6.03 Å². The molecule has 1 aromatic carbocycles. The number of aryl methyl sites for hydroxylation is 2. The lowest BCUT2D eigenvalue weighted by molar-refractivity contribution is 0.0833. The van der Waals surface area contributed by atoms with Crippen LogP contribution in [0.15, 0.2) is 30.5 Å². The van der Waals surface area contributed by atoms with Gasteiger partial charge in [-0.2, -0.15) is 0 Å². The van der Waals surface area contributed by atoms with Crippen LogP contribution in [0.1, 0.15) is 30.7 Å². The lowest BCUT2D eigenvalue weighted by Gasteiger charge is -2.29. The summed E-state index contributed by atoms with van der Waals surface area (Å²) < 4.78 is 11.4. The van der Waals surface area contributed by atoms with E-state index in [0.29, 0.717) is 18.8 Å². The molecule has 26 heavy (non-hydrogen) atoms. The van der Waals surface area contributed by atoms with Crippen molar-refractivity contribution in [1.82, 2.24) is 9.88 Å². The Bertz CT molecular complexity index is 833. The van der Waals surface area contributed by atoms with Crippen molar-refractivity contribution in [1.29, 1.82) is 0 Å². The predicted molar refractivity (Wildman–Crippen MR) is 101 cm³/mol. The summed E-state index contributed by atoms with van der Waals surface area (Å²) in [6, 6.07) is 7.44. The fourth-order valence-corrected chi connectivity index (χ4v) is 3.00. The van der Waals surface area contributed by atoms with Gasteiger partial charge in [-0.25, -0.2) is 4.79 Å². The van der Waals surface area contributed by atoms with Crippen LogP contribution in [-0.2, 0) is 6.54 Å². The van der Waals surface area contributed by atoms with E-state index in [2.05, 4.69) is 10.3 Å². The first-order chi connectivity index (χ1) is 12.3. The number of aromatic nitrogens is 1. The van der Waals surface area contributed by atoms with Crippen molar-refractivity contribution in [2.45, 2.75) is 39.8 Å². The Morgan fingerprint density at radius 1 is 1.31 bits per heavy atom. The van der Waals surface area contributed by atoms with Gasteiger partial charge in [-0.15, -0.1) is 0 Å². The fraction of sp³-hybridized carbons (Fsp3) is 0.400. The summed E-state index contributed by atoms with van der Waals surface area (Å²) in [6.07, 6.45) is 1.68. The van der Waals surface area contributed by atoms with Gasteiger partial charge in [-0.1, -0.05) is 0 Å². The first-order valence-electron chi connectivity index (χ1n) is 8.62. The molecule has 2 aromatic rings. The van der Waals surface area contributed by atoms with Crippen molar-refractivity contribution < 1.29 is 14.3 Å². The number of urea groups is 1. The number of fused-ring (bicyclic) bond motifs is 1. The summed E-state index contributed by atoms with van der Waals surface area (Å²) in [5, 5.41) is 2.94. The van der Waals surface area contributed by atoms with Gasteiger partial charge in [0.25, 0.3) is 0 Å². The van der Waals surface area contributed by atoms with Crippen LogP contribution < -0.4 is 14.8 Å². The van der Waals surface area contributed by atoms with Crippen LogP contribution in [0, 0.1) is 13.8 Å². The number of ether oxygens (including phenoxy) is 2. The van der Waals surface area contributed by atoms with Crippen LogP contribution in [0.5, 0.6) is 11.5 Å². The second-order valence-corrected chi connectivity index (χ2v) is 7.25.